The van der Waals surface area contributed by atoms with Crippen molar-refractivity contribution < 1.29 is 0 Å². The first-order chi connectivity index (χ1) is 14.2. The number of nitrogens with one attached hydrogen (secondary N) is 2. The van der Waals surface area contributed by atoms with Crippen molar-refractivity contribution in [1.29, 1.82) is 0 Å². The van der Waals surface area contributed by atoms with E-state index in [0.29, 0.717) is 0 Å². The molecular formula is C23H34IN5O. The maximum atomic E-state index is 11.7. The van der Waals surface area contributed by atoms with Gasteiger partial charge in [0.1, 0.15) is 0 Å². The molecule has 1 aliphatic rings. The van der Waals surface area contributed by atoms with Crippen molar-refractivity contribution >= 4 is 29.9 Å². The van der Waals surface area contributed by atoms with Gasteiger partial charge in [0.15, 0.2) is 5.96 Å². The summed E-state index contributed by atoms with van der Waals surface area (Å²) in [5, 5.41) is 6.71. The Bertz CT molecular complexity index is 828. The van der Waals surface area contributed by atoms with Crippen LogP contribution in [0.1, 0.15) is 36.8 Å². The van der Waals surface area contributed by atoms with E-state index in [0.717, 1.165) is 45.0 Å². The largest absolute Gasteiger partial charge is 0.356 e. The highest BCUT2D eigenvalue weighted by molar-refractivity contribution is 14.0. The summed E-state index contributed by atoms with van der Waals surface area (Å²) < 4.78 is 1.75. The summed E-state index contributed by atoms with van der Waals surface area (Å²) in [6.45, 7) is 5.85. The quantitative estimate of drug-likeness (QED) is 0.230. The van der Waals surface area contributed by atoms with Gasteiger partial charge in [0.05, 0.1) is 0 Å². The van der Waals surface area contributed by atoms with Crippen molar-refractivity contribution in [3.05, 3.63) is 70.1 Å². The Morgan fingerprint density at radius 2 is 1.73 bits per heavy atom. The number of hydrogen-bond acceptors (Lipinski definition) is 3. The molecule has 0 aliphatic carbocycles. The summed E-state index contributed by atoms with van der Waals surface area (Å²) >= 11 is 0. The number of guanidine groups is 1. The van der Waals surface area contributed by atoms with Crippen LogP contribution >= 0.6 is 24.0 Å². The molecule has 2 N–H and O–H groups in total. The second kappa shape index (κ2) is 13.4. The Labute approximate surface area is 196 Å². The number of aryl methyl sites for hydroxylation is 1. The predicted octanol–water partition coefficient (Wildman–Crippen LogP) is 3.21. The number of aliphatic imine (C=N–C) groups is 1. The van der Waals surface area contributed by atoms with Gasteiger partial charge in [-0.3, -0.25) is 14.7 Å². The minimum atomic E-state index is 0. The van der Waals surface area contributed by atoms with E-state index in [1.165, 1.54) is 37.1 Å². The van der Waals surface area contributed by atoms with Crippen LogP contribution in [0.2, 0.25) is 0 Å². The predicted molar refractivity (Wildman–Crippen MR) is 135 cm³/mol. The number of aromatic nitrogens is 1. The molecule has 6 nitrogen and oxygen atoms in total. The van der Waals surface area contributed by atoms with E-state index in [2.05, 4.69) is 44.8 Å². The van der Waals surface area contributed by atoms with E-state index in [9.17, 15) is 4.79 Å². The molecule has 1 aromatic heterocycles. The van der Waals surface area contributed by atoms with Gasteiger partial charge in [0, 0.05) is 45.5 Å². The van der Waals surface area contributed by atoms with Gasteiger partial charge < -0.3 is 15.2 Å². The van der Waals surface area contributed by atoms with Crippen LogP contribution in [0.5, 0.6) is 0 Å². The Morgan fingerprint density at radius 1 is 1.00 bits per heavy atom. The van der Waals surface area contributed by atoms with Crippen LogP contribution in [0.4, 0.5) is 0 Å². The lowest BCUT2D eigenvalue weighted by Crippen LogP contribution is -2.37. The van der Waals surface area contributed by atoms with Crippen LogP contribution in [0.3, 0.4) is 0 Å². The normalized spacial score (nSPS) is 14.4. The molecule has 3 rings (SSSR count). The van der Waals surface area contributed by atoms with Gasteiger partial charge in [0.25, 0.3) is 0 Å². The molecule has 2 aromatic rings. The molecule has 0 unspecified atom stereocenters. The Balaban J connectivity index is 0.00000320. The smallest absolute Gasteiger partial charge is 0.250 e. The maximum Gasteiger partial charge on any atom is 0.250 e. The van der Waals surface area contributed by atoms with E-state index < -0.39 is 0 Å². The number of pyridine rings is 1. The SMILES string of the molecule is CN=C(NCCCCn1ccccc1=O)NCc1ccc(CN2CCCC2)cc1.I. The third-order valence-electron chi connectivity index (χ3n) is 5.33. The Hall–Kier alpha value is -1.87. The van der Waals surface area contributed by atoms with Crippen LogP contribution < -0.4 is 16.2 Å². The molecule has 0 spiro atoms. The molecule has 164 valence electrons. The van der Waals surface area contributed by atoms with E-state index in [1.807, 2.05) is 12.3 Å². The van der Waals surface area contributed by atoms with Gasteiger partial charge in [-0.2, -0.15) is 0 Å². The highest BCUT2D eigenvalue weighted by atomic mass is 127. The summed E-state index contributed by atoms with van der Waals surface area (Å²) in [7, 11) is 1.79. The molecule has 30 heavy (non-hydrogen) atoms. The summed E-state index contributed by atoms with van der Waals surface area (Å²) in [4.78, 5) is 18.5. The molecule has 1 aliphatic heterocycles. The van der Waals surface area contributed by atoms with Crippen molar-refractivity contribution in [2.45, 2.75) is 45.3 Å². The molecular weight excluding hydrogens is 489 g/mol. The minimum absolute atomic E-state index is 0. The first kappa shape index (κ1) is 24.4. The summed E-state index contributed by atoms with van der Waals surface area (Å²) in [5.41, 5.74) is 2.70. The zero-order valence-electron chi connectivity index (χ0n) is 17.8. The van der Waals surface area contributed by atoms with Crippen molar-refractivity contribution in [3.63, 3.8) is 0 Å². The molecule has 0 atom stereocenters. The van der Waals surface area contributed by atoms with Crippen LogP contribution in [0.25, 0.3) is 0 Å². The number of rotatable bonds is 9. The van der Waals surface area contributed by atoms with Gasteiger partial charge in [-0.05, 0) is 56.0 Å². The topological polar surface area (TPSA) is 61.7 Å². The lowest BCUT2D eigenvalue weighted by molar-refractivity contribution is 0.331. The number of halogens is 1. The third kappa shape index (κ3) is 8.10. The van der Waals surface area contributed by atoms with E-state index >= 15 is 0 Å². The number of hydrogen-bond donors (Lipinski definition) is 2. The molecule has 0 bridgehead atoms. The lowest BCUT2D eigenvalue weighted by Gasteiger charge is -2.15. The van der Waals surface area contributed by atoms with Crippen LogP contribution in [0.15, 0.2) is 58.4 Å². The lowest BCUT2D eigenvalue weighted by atomic mass is 10.1. The molecule has 1 saturated heterocycles. The average Bonchev–Trinajstić information content (AvgIpc) is 3.25. The molecule has 0 radical (unpaired) electrons. The van der Waals surface area contributed by atoms with Crippen molar-refractivity contribution in [3.8, 4) is 0 Å². The average molecular weight is 523 g/mol. The fourth-order valence-corrected chi connectivity index (χ4v) is 3.63. The van der Waals surface area contributed by atoms with Gasteiger partial charge in [-0.25, -0.2) is 0 Å². The standard InChI is InChI=1S/C23H33N5O.HI/c1-24-23(25-13-3-5-17-28-16-4-2-8-22(28)29)26-18-20-9-11-21(12-10-20)19-27-14-6-7-15-27;/h2,4,8-12,16H,3,5-7,13-15,17-19H2,1H3,(H2,24,25,26);1H. The first-order valence-electron chi connectivity index (χ1n) is 10.6. The van der Waals surface area contributed by atoms with Crippen LogP contribution in [-0.4, -0.2) is 42.1 Å². The van der Waals surface area contributed by atoms with Gasteiger partial charge in [-0.1, -0.05) is 30.3 Å². The monoisotopic (exact) mass is 523 g/mol. The second-order valence-corrected chi connectivity index (χ2v) is 7.59. The minimum Gasteiger partial charge on any atom is -0.356 e. The van der Waals surface area contributed by atoms with Crippen LogP contribution in [0, 0.1) is 0 Å². The second-order valence-electron chi connectivity index (χ2n) is 7.59. The third-order valence-corrected chi connectivity index (χ3v) is 5.33. The zero-order valence-corrected chi connectivity index (χ0v) is 20.2. The van der Waals surface area contributed by atoms with Crippen molar-refractivity contribution in [2.75, 3.05) is 26.7 Å². The van der Waals surface area contributed by atoms with Gasteiger partial charge in [-0.15, -0.1) is 24.0 Å². The summed E-state index contributed by atoms with van der Waals surface area (Å²) in [6.07, 6.45) is 6.43. The number of likely N-dealkylation sites (tertiary alicyclic amines) is 1. The van der Waals surface area contributed by atoms with E-state index in [4.69, 9.17) is 0 Å². The molecule has 0 saturated carbocycles. The summed E-state index contributed by atoms with van der Waals surface area (Å²) in [6, 6.07) is 14.1. The molecule has 0 amide bonds. The summed E-state index contributed by atoms with van der Waals surface area (Å²) in [5.74, 6) is 0.808. The zero-order chi connectivity index (χ0) is 20.3. The molecule has 2 heterocycles. The fourth-order valence-electron chi connectivity index (χ4n) is 3.63. The van der Waals surface area contributed by atoms with Crippen molar-refractivity contribution in [1.82, 2.24) is 20.1 Å². The Morgan fingerprint density at radius 3 is 2.43 bits per heavy atom. The maximum absolute atomic E-state index is 11.7. The van der Waals surface area contributed by atoms with E-state index in [1.54, 1.807) is 23.7 Å². The van der Waals surface area contributed by atoms with E-state index in [-0.39, 0.29) is 29.5 Å². The van der Waals surface area contributed by atoms with Crippen LogP contribution in [-0.2, 0) is 19.6 Å². The van der Waals surface area contributed by atoms with Gasteiger partial charge >= 0.3 is 0 Å². The number of unbranched alkanes of at least 4 members (excludes halogenated alkanes) is 1. The van der Waals surface area contributed by atoms with Crippen molar-refractivity contribution in [2.24, 2.45) is 4.99 Å². The molecule has 7 heteroatoms. The molecule has 1 fully saturated rings. The number of nitrogens with zero attached hydrogens (tertiary/aromatic N) is 3. The Kier molecular flexibility index (Phi) is 10.9. The fraction of sp³-hybridized carbons (Fsp3) is 0.478. The highest BCUT2D eigenvalue weighted by Gasteiger charge is 2.11. The highest BCUT2D eigenvalue weighted by Crippen LogP contribution is 2.13. The number of benzene rings is 1. The molecule has 1 aromatic carbocycles. The first-order valence-corrected chi connectivity index (χ1v) is 10.6. The van der Waals surface area contributed by atoms with Gasteiger partial charge in [0.2, 0.25) is 5.56 Å².